The first-order valence-electron chi connectivity index (χ1n) is 6.04. The highest BCUT2D eigenvalue weighted by Gasteiger charge is 2.09. The molecule has 0 saturated carbocycles. The predicted molar refractivity (Wildman–Crippen MR) is 70.1 cm³/mol. The molecular weight excluding hydrogens is 243 g/mol. The number of fused-ring (bicyclic) bond motifs is 1. The first kappa shape index (κ1) is 11.8. The molecule has 19 heavy (non-hydrogen) atoms. The van der Waals surface area contributed by atoms with Crippen molar-refractivity contribution in [3.05, 3.63) is 65.4 Å². The van der Waals surface area contributed by atoms with Crippen LogP contribution in [-0.4, -0.2) is 14.6 Å². The molecule has 0 fully saturated rings. The molecule has 0 unspecified atom stereocenters. The first-order valence-corrected chi connectivity index (χ1v) is 6.04. The smallest absolute Gasteiger partial charge is 0.161 e. The van der Waals surface area contributed by atoms with Gasteiger partial charge in [-0.15, -0.1) is 10.2 Å². The first-order chi connectivity index (χ1) is 9.28. The highest BCUT2D eigenvalue weighted by atomic mass is 19.1. The van der Waals surface area contributed by atoms with Gasteiger partial charge in [0.2, 0.25) is 0 Å². The lowest BCUT2D eigenvalue weighted by atomic mass is 10.1. The van der Waals surface area contributed by atoms with Gasteiger partial charge in [0, 0.05) is 19.2 Å². The maximum Gasteiger partial charge on any atom is 0.161 e. The molecule has 0 aliphatic heterocycles. The highest BCUT2D eigenvalue weighted by Crippen LogP contribution is 2.13. The molecule has 0 saturated heterocycles. The zero-order valence-electron chi connectivity index (χ0n) is 10.3. The fourth-order valence-corrected chi connectivity index (χ4v) is 2.04. The number of benzene rings is 1. The van der Waals surface area contributed by atoms with Crippen molar-refractivity contribution in [2.75, 3.05) is 0 Å². The molecule has 0 aliphatic rings. The molecule has 0 spiro atoms. The number of nitrogens with two attached hydrogens (primary N) is 1. The summed E-state index contributed by atoms with van der Waals surface area (Å²) in [6, 6.07) is 10.5. The van der Waals surface area contributed by atoms with E-state index >= 15 is 0 Å². The molecule has 0 atom stereocenters. The lowest BCUT2D eigenvalue weighted by Gasteiger charge is -2.03. The molecule has 3 rings (SSSR count). The second-order valence-corrected chi connectivity index (χ2v) is 4.35. The van der Waals surface area contributed by atoms with Gasteiger partial charge >= 0.3 is 0 Å². The van der Waals surface area contributed by atoms with Crippen molar-refractivity contribution in [1.29, 1.82) is 0 Å². The molecular formula is C14H13FN4. The minimum atomic E-state index is -0.224. The number of hydrogen-bond acceptors (Lipinski definition) is 3. The number of aromatic nitrogens is 3. The van der Waals surface area contributed by atoms with Crippen LogP contribution < -0.4 is 5.73 Å². The topological polar surface area (TPSA) is 56.2 Å². The van der Waals surface area contributed by atoms with E-state index in [1.54, 1.807) is 12.1 Å². The van der Waals surface area contributed by atoms with Gasteiger partial charge in [-0.2, -0.15) is 0 Å². The van der Waals surface area contributed by atoms with Crippen LogP contribution in [0.3, 0.4) is 0 Å². The van der Waals surface area contributed by atoms with Crippen molar-refractivity contribution < 1.29 is 4.39 Å². The summed E-state index contributed by atoms with van der Waals surface area (Å²) < 4.78 is 15.5. The summed E-state index contributed by atoms with van der Waals surface area (Å²) in [4.78, 5) is 0. The predicted octanol–water partition coefficient (Wildman–Crippen LogP) is 1.92. The molecule has 4 nitrogen and oxygen atoms in total. The zero-order valence-corrected chi connectivity index (χ0v) is 10.3. The summed E-state index contributed by atoms with van der Waals surface area (Å²) in [6.45, 7) is 0.464. The Morgan fingerprint density at radius 1 is 1.16 bits per heavy atom. The van der Waals surface area contributed by atoms with Crippen LogP contribution in [0.5, 0.6) is 0 Å². The Bertz CT molecular complexity index is 720. The fraction of sp³-hybridized carbons (Fsp3) is 0.143. The number of rotatable bonds is 3. The summed E-state index contributed by atoms with van der Waals surface area (Å²) in [5.74, 6) is 0.487. The summed E-state index contributed by atoms with van der Waals surface area (Å²) >= 11 is 0. The van der Waals surface area contributed by atoms with E-state index < -0.39 is 0 Å². The second kappa shape index (κ2) is 4.78. The molecule has 1 aromatic carbocycles. The van der Waals surface area contributed by atoms with Gasteiger partial charge in [-0.05, 0) is 29.3 Å². The van der Waals surface area contributed by atoms with Crippen LogP contribution in [0.4, 0.5) is 4.39 Å². The maximum absolute atomic E-state index is 13.6. The van der Waals surface area contributed by atoms with Crippen molar-refractivity contribution in [3.8, 4) is 0 Å². The van der Waals surface area contributed by atoms with E-state index in [9.17, 15) is 4.39 Å². The van der Waals surface area contributed by atoms with E-state index in [0.29, 0.717) is 24.4 Å². The largest absolute Gasteiger partial charge is 0.326 e. The summed E-state index contributed by atoms with van der Waals surface area (Å²) in [5, 5.41) is 8.20. The van der Waals surface area contributed by atoms with E-state index in [2.05, 4.69) is 10.2 Å². The minimum absolute atomic E-state index is 0.224. The van der Waals surface area contributed by atoms with E-state index in [1.165, 1.54) is 6.07 Å². The van der Waals surface area contributed by atoms with E-state index in [-0.39, 0.29) is 5.82 Å². The summed E-state index contributed by atoms with van der Waals surface area (Å²) in [5.41, 5.74) is 7.92. The molecule has 0 bridgehead atoms. The SMILES string of the molecule is NCc1ccn2c(Cc3ccccc3F)nnc2c1. The number of hydrogen-bond donors (Lipinski definition) is 1. The Labute approximate surface area is 109 Å². The van der Waals surface area contributed by atoms with Gasteiger partial charge in [-0.25, -0.2) is 4.39 Å². The lowest BCUT2D eigenvalue weighted by molar-refractivity contribution is 0.611. The molecule has 2 N–H and O–H groups in total. The molecule has 2 aromatic heterocycles. The average molecular weight is 256 g/mol. The van der Waals surface area contributed by atoms with Crippen molar-refractivity contribution >= 4 is 5.65 Å². The molecule has 2 heterocycles. The standard InChI is InChI=1S/C14H13FN4/c15-12-4-2-1-3-11(12)8-14-18-17-13-7-10(9-16)5-6-19(13)14/h1-7H,8-9,16H2. The van der Waals surface area contributed by atoms with E-state index in [0.717, 1.165) is 11.2 Å². The van der Waals surface area contributed by atoms with Gasteiger partial charge in [-0.1, -0.05) is 18.2 Å². The van der Waals surface area contributed by atoms with Gasteiger partial charge in [-0.3, -0.25) is 4.40 Å². The maximum atomic E-state index is 13.6. The number of pyridine rings is 1. The Kier molecular flexibility index (Phi) is 2.97. The minimum Gasteiger partial charge on any atom is -0.326 e. The molecule has 96 valence electrons. The van der Waals surface area contributed by atoms with Crippen LogP contribution in [0.15, 0.2) is 42.6 Å². The van der Waals surface area contributed by atoms with Crippen molar-refractivity contribution in [2.24, 2.45) is 5.73 Å². The van der Waals surface area contributed by atoms with Crippen LogP contribution in [0, 0.1) is 5.82 Å². The van der Waals surface area contributed by atoms with Gasteiger partial charge in [0.05, 0.1) is 0 Å². The highest BCUT2D eigenvalue weighted by molar-refractivity contribution is 5.41. The average Bonchev–Trinajstić information content (AvgIpc) is 2.83. The summed E-state index contributed by atoms with van der Waals surface area (Å²) in [7, 11) is 0. The number of halogens is 1. The van der Waals surface area contributed by atoms with Gasteiger partial charge in [0.1, 0.15) is 11.6 Å². The second-order valence-electron chi connectivity index (χ2n) is 4.35. The monoisotopic (exact) mass is 256 g/mol. The van der Waals surface area contributed by atoms with Crippen LogP contribution in [0.2, 0.25) is 0 Å². The molecule has 0 aliphatic carbocycles. The van der Waals surface area contributed by atoms with Crippen LogP contribution in [0.1, 0.15) is 17.0 Å². The van der Waals surface area contributed by atoms with Gasteiger partial charge < -0.3 is 5.73 Å². The normalized spacial score (nSPS) is 11.1. The van der Waals surface area contributed by atoms with E-state index in [1.807, 2.05) is 28.8 Å². The van der Waals surface area contributed by atoms with Gasteiger partial charge in [0.25, 0.3) is 0 Å². The molecule has 3 aromatic rings. The van der Waals surface area contributed by atoms with Crippen LogP contribution >= 0.6 is 0 Å². The van der Waals surface area contributed by atoms with E-state index in [4.69, 9.17) is 5.73 Å². The third-order valence-corrected chi connectivity index (χ3v) is 3.09. The molecule has 0 radical (unpaired) electrons. The Morgan fingerprint density at radius 3 is 2.79 bits per heavy atom. The molecule has 0 amide bonds. The van der Waals surface area contributed by atoms with Crippen molar-refractivity contribution in [1.82, 2.24) is 14.6 Å². The Hall–Kier alpha value is -2.27. The lowest BCUT2D eigenvalue weighted by Crippen LogP contribution is -2.00. The summed E-state index contributed by atoms with van der Waals surface area (Å²) in [6.07, 6.45) is 2.28. The van der Waals surface area contributed by atoms with Crippen molar-refractivity contribution in [2.45, 2.75) is 13.0 Å². The third-order valence-electron chi connectivity index (χ3n) is 3.09. The zero-order chi connectivity index (χ0) is 13.2. The molecule has 5 heteroatoms. The van der Waals surface area contributed by atoms with Gasteiger partial charge in [0.15, 0.2) is 5.65 Å². The Morgan fingerprint density at radius 2 is 2.00 bits per heavy atom. The number of nitrogens with zero attached hydrogens (tertiary/aromatic N) is 3. The van der Waals surface area contributed by atoms with Crippen molar-refractivity contribution in [3.63, 3.8) is 0 Å². The Balaban J connectivity index is 2.00. The van der Waals surface area contributed by atoms with Crippen LogP contribution in [-0.2, 0) is 13.0 Å². The third kappa shape index (κ3) is 2.20. The quantitative estimate of drug-likeness (QED) is 0.779. The van der Waals surface area contributed by atoms with Crippen LogP contribution in [0.25, 0.3) is 5.65 Å². The fourth-order valence-electron chi connectivity index (χ4n) is 2.04.